The van der Waals surface area contributed by atoms with Crippen molar-refractivity contribution in [2.75, 3.05) is 42.9 Å². The van der Waals surface area contributed by atoms with E-state index in [0.717, 1.165) is 50.5 Å². The Morgan fingerprint density at radius 1 is 1.25 bits per heavy atom. The van der Waals surface area contributed by atoms with Gasteiger partial charge in [0.2, 0.25) is 5.91 Å². The van der Waals surface area contributed by atoms with Gasteiger partial charge in [-0.2, -0.15) is 0 Å². The smallest absolute Gasteiger partial charge is 0.226 e. The number of carbonyl (C=O) groups excluding carboxylic acids is 1. The fraction of sp³-hybridized carbons (Fsp3) is 0.529. The Labute approximate surface area is 154 Å². The number of carbonyl (C=O) groups is 1. The lowest BCUT2D eigenvalue weighted by molar-refractivity contribution is -0.119. The second-order valence-electron chi connectivity index (χ2n) is 5.84. The van der Waals surface area contributed by atoms with Gasteiger partial charge >= 0.3 is 0 Å². The number of benzene rings is 1. The normalized spacial score (nSPS) is 15.2. The zero-order chi connectivity index (χ0) is 17.5. The largest absolute Gasteiger partial charge is 0.368 e. The minimum Gasteiger partial charge on any atom is -0.368 e. The first-order chi connectivity index (χ1) is 11.5. The number of piperazine rings is 1. The molecule has 132 valence electrons. The van der Waals surface area contributed by atoms with Crippen molar-refractivity contribution in [2.24, 2.45) is 0 Å². The van der Waals surface area contributed by atoms with Gasteiger partial charge in [0.25, 0.3) is 0 Å². The average molecular weight is 369 g/mol. The standard InChI is InChI=1S/C17H25ClN4OS/c1-3-5-16(23)20-17(24)19-13-6-7-15(14(18)12-13)22-10-8-21(4-2)9-11-22/h6-7,12H,3-5,8-11H2,1-2H3,(H2,19,20,23,24). The summed E-state index contributed by atoms with van der Waals surface area (Å²) in [6, 6.07) is 5.79. The summed E-state index contributed by atoms with van der Waals surface area (Å²) in [5.74, 6) is -0.0773. The number of rotatable bonds is 5. The molecule has 1 aromatic rings. The van der Waals surface area contributed by atoms with Crippen LogP contribution in [-0.2, 0) is 4.79 Å². The number of nitrogens with zero attached hydrogens (tertiary/aromatic N) is 2. The highest BCUT2D eigenvalue weighted by atomic mass is 35.5. The van der Waals surface area contributed by atoms with E-state index in [2.05, 4.69) is 27.4 Å². The summed E-state index contributed by atoms with van der Waals surface area (Å²) < 4.78 is 0. The molecule has 0 radical (unpaired) electrons. The van der Waals surface area contributed by atoms with Crippen molar-refractivity contribution >= 4 is 46.2 Å². The molecule has 24 heavy (non-hydrogen) atoms. The monoisotopic (exact) mass is 368 g/mol. The lowest BCUT2D eigenvalue weighted by Gasteiger charge is -2.36. The van der Waals surface area contributed by atoms with E-state index in [1.165, 1.54) is 0 Å². The lowest BCUT2D eigenvalue weighted by atomic mass is 10.2. The molecule has 0 bridgehead atoms. The van der Waals surface area contributed by atoms with Crippen molar-refractivity contribution in [3.8, 4) is 0 Å². The third kappa shape index (κ3) is 5.33. The van der Waals surface area contributed by atoms with E-state index in [1.807, 2.05) is 25.1 Å². The van der Waals surface area contributed by atoms with Gasteiger partial charge in [-0.25, -0.2) is 0 Å². The number of hydrogen-bond acceptors (Lipinski definition) is 4. The Morgan fingerprint density at radius 2 is 1.96 bits per heavy atom. The van der Waals surface area contributed by atoms with Gasteiger partial charge in [-0.1, -0.05) is 25.4 Å². The van der Waals surface area contributed by atoms with Crippen LogP contribution < -0.4 is 15.5 Å². The summed E-state index contributed by atoms with van der Waals surface area (Å²) in [6.45, 7) is 9.30. The highest BCUT2D eigenvalue weighted by Crippen LogP contribution is 2.29. The summed E-state index contributed by atoms with van der Waals surface area (Å²) in [5.41, 5.74) is 1.82. The molecule has 0 spiro atoms. The predicted octanol–water partition coefficient (Wildman–Crippen LogP) is 3.10. The number of halogens is 1. The van der Waals surface area contributed by atoms with Gasteiger partial charge in [0.05, 0.1) is 10.7 Å². The van der Waals surface area contributed by atoms with Crippen LogP contribution in [0.2, 0.25) is 5.02 Å². The van der Waals surface area contributed by atoms with Gasteiger partial charge < -0.3 is 20.4 Å². The molecule has 1 fully saturated rings. The van der Waals surface area contributed by atoms with E-state index in [0.29, 0.717) is 16.6 Å². The van der Waals surface area contributed by atoms with E-state index < -0.39 is 0 Å². The molecule has 1 heterocycles. The van der Waals surface area contributed by atoms with Crippen molar-refractivity contribution < 1.29 is 4.79 Å². The van der Waals surface area contributed by atoms with Crippen molar-refractivity contribution in [2.45, 2.75) is 26.7 Å². The van der Waals surface area contributed by atoms with Gasteiger partial charge in [0.1, 0.15) is 0 Å². The van der Waals surface area contributed by atoms with E-state index in [4.69, 9.17) is 23.8 Å². The Balaban J connectivity index is 1.94. The van der Waals surface area contributed by atoms with Crippen LogP contribution in [0.25, 0.3) is 0 Å². The molecule has 1 saturated heterocycles. The van der Waals surface area contributed by atoms with E-state index in [1.54, 1.807) is 0 Å². The first-order valence-corrected chi connectivity index (χ1v) is 9.19. The molecule has 0 aliphatic carbocycles. The van der Waals surface area contributed by atoms with Crippen LogP contribution in [0.5, 0.6) is 0 Å². The molecule has 1 aliphatic rings. The van der Waals surface area contributed by atoms with Crippen molar-refractivity contribution in [3.63, 3.8) is 0 Å². The minimum atomic E-state index is -0.0773. The highest BCUT2D eigenvalue weighted by Gasteiger charge is 2.18. The summed E-state index contributed by atoms with van der Waals surface area (Å²) in [4.78, 5) is 16.3. The summed E-state index contributed by atoms with van der Waals surface area (Å²) in [5, 5.41) is 6.65. The van der Waals surface area contributed by atoms with Crippen LogP contribution in [0.1, 0.15) is 26.7 Å². The maximum atomic E-state index is 11.5. The zero-order valence-electron chi connectivity index (χ0n) is 14.3. The van der Waals surface area contributed by atoms with Crippen molar-refractivity contribution in [1.29, 1.82) is 0 Å². The molecule has 0 saturated carbocycles. The molecule has 7 heteroatoms. The molecule has 1 aromatic carbocycles. The van der Waals surface area contributed by atoms with Gasteiger partial charge in [0.15, 0.2) is 5.11 Å². The third-order valence-corrected chi connectivity index (χ3v) is 4.60. The lowest BCUT2D eigenvalue weighted by Crippen LogP contribution is -2.46. The molecular formula is C17H25ClN4OS. The summed E-state index contributed by atoms with van der Waals surface area (Å²) >= 11 is 11.6. The van der Waals surface area contributed by atoms with Crippen LogP contribution in [-0.4, -0.2) is 48.6 Å². The fourth-order valence-corrected chi connectivity index (χ4v) is 3.26. The van der Waals surface area contributed by atoms with Crippen LogP contribution in [0, 0.1) is 0 Å². The maximum absolute atomic E-state index is 11.5. The number of hydrogen-bond donors (Lipinski definition) is 2. The number of likely N-dealkylation sites (N-methyl/N-ethyl adjacent to an activating group) is 1. The molecule has 0 atom stereocenters. The molecule has 0 aromatic heterocycles. The van der Waals surface area contributed by atoms with Crippen molar-refractivity contribution in [1.82, 2.24) is 10.2 Å². The molecule has 1 aliphatic heterocycles. The fourth-order valence-electron chi connectivity index (χ4n) is 2.72. The van der Waals surface area contributed by atoms with Crippen LogP contribution in [0.4, 0.5) is 11.4 Å². The first kappa shape index (κ1) is 19.0. The summed E-state index contributed by atoms with van der Waals surface area (Å²) in [7, 11) is 0. The topological polar surface area (TPSA) is 47.6 Å². The van der Waals surface area contributed by atoms with E-state index in [-0.39, 0.29) is 5.91 Å². The zero-order valence-corrected chi connectivity index (χ0v) is 15.8. The van der Waals surface area contributed by atoms with Gasteiger partial charge in [-0.05, 0) is 43.4 Å². The quantitative estimate of drug-likeness (QED) is 0.782. The van der Waals surface area contributed by atoms with Crippen molar-refractivity contribution in [3.05, 3.63) is 23.2 Å². The maximum Gasteiger partial charge on any atom is 0.226 e. The van der Waals surface area contributed by atoms with Crippen LogP contribution >= 0.6 is 23.8 Å². The van der Waals surface area contributed by atoms with E-state index >= 15 is 0 Å². The van der Waals surface area contributed by atoms with Crippen LogP contribution in [0.15, 0.2) is 18.2 Å². The summed E-state index contributed by atoms with van der Waals surface area (Å²) in [6.07, 6.45) is 1.26. The second kappa shape index (κ2) is 9.20. The Kier molecular flexibility index (Phi) is 7.27. The highest BCUT2D eigenvalue weighted by molar-refractivity contribution is 7.80. The van der Waals surface area contributed by atoms with Gasteiger partial charge in [-0.3, -0.25) is 4.79 Å². The molecule has 0 unspecified atom stereocenters. The molecule has 1 amide bonds. The third-order valence-electron chi connectivity index (χ3n) is 4.10. The average Bonchev–Trinajstić information content (AvgIpc) is 2.55. The first-order valence-electron chi connectivity index (χ1n) is 8.41. The number of nitrogens with one attached hydrogen (secondary N) is 2. The number of anilines is 2. The number of thiocarbonyl (C=S) groups is 1. The predicted molar refractivity (Wildman–Crippen MR) is 105 cm³/mol. The second-order valence-corrected chi connectivity index (χ2v) is 6.66. The molecule has 2 N–H and O–H groups in total. The molecule has 5 nitrogen and oxygen atoms in total. The Hall–Kier alpha value is -1.37. The SMILES string of the molecule is CCCC(=O)NC(=S)Nc1ccc(N2CCN(CC)CC2)c(Cl)c1. The number of amides is 1. The Bertz CT molecular complexity index is 588. The van der Waals surface area contributed by atoms with Gasteiger partial charge in [-0.15, -0.1) is 0 Å². The Morgan fingerprint density at radius 3 is 2.54 bits per heavy atom. The minimum absolute atomic E-state index is 0.0773. The van der Waals surface area contributed by atoms with Gasteiger partial charge in [0, 0.05) is 38.3 Å². The van der Waals surface area contributed by atoms with Crippen LogP contribution in [0.3, 0.4) is 0 Å². The molecular weight excluding hydrogens is 344 g/mol. The van der Waals surface area contributed by atoms with E-state index in [9.17, 15) is 4.79 Å². The molecule has 2 rings (SSSR count).